The Labute approximate surface area is 205 Å². The van der Waals surface area contributed by atoms with Crippen molar-refractivity contribution in [2.45, 2.75) is 54.8 Å². The van der Waals surface area contributed by atoms with Gasteiger partial charge in [0.05, 0.1) is 38.1 Å². The first-order valence-corrected chi connectivity index (χ1v) is 11.4. The highest BCUT2D eigenvalue weighted by Crippen LogP contribution is 2.60. The molecule has 3 aliphatic heterocycles. The highest BCUT2D eigenvalue weighted by molar-refractivity contribution is 5.90. The molecule has 0 bridgehead atoms. The van der Waals surface area contributed by atoms with E-state index in [1.165, 1.54) is 31.6 Å². The standard InChI is InChI=1S/C23H28O13/c1-31-12-6-9(2-3-11(12)26)20(30)34-18-10-4-5-32-21(14(10)23(8-25)19(18)36-23)35-22-17(29)16(28)15(27)13(7-24)33-22/h2-6,10,13-19,21-22,24-29H,7-8H2,1H3/t10-,13-,14-,15-,16+,17-,18+,19+,21+,22+,23?/m1/s1. The first-order valence-electron chi connectivity index (χ1n) is 11.4. The van der Waals surface area contributed by atoms with Crippen LogP contribution in [0.4, 0.5) is 0 Å². The number of esters is 1. The van der Waals surface area contributed by atoms with Crippen LogP contribution in [0.1, 0.15) is 10.4 Å². The van der Waals surface area contributed by atoms with Gasteiger partial charge in [-0.3, -0.25) is 0 Å². The van der Waals surface area contributed by atoms with Crippen LogP contribution in [-0.2, 0) is 23.7 Å². The molecular weight excluding hydrogens is 484 g/mol. The van der Waals surface area contributed by atoms with Gasteiger partial charge in [0.1, 0.15) is 42.2 Å². The molecule has 4 aliphatic rings. The van der Waals surface area contributed by atoms with Crippen LogP contribution in [0.5, 0.6) is 11.5 Å². The van der Waals surface area contributed by atoms with Crippen LogP contribution in [0.2, 0.25) is 0 Å². The van der Waals surface area contributed by atoms with Crippen molar-refractivity contribution < 1.29 is 63.9 Å². The zero-order valence-corrected chi connectivity index (χ0v) is 19.1. The minimum Gasteiger partial charge on any atom is -0.504 e. The average molecular weight is 512 g/mol. The highest BCUT2D eigenvalue weighted by Gasteiger charge is 2.77. The number of epoxide rings is 1. The van der Waals surface area contributed by atoms with Crippen molar-refractivity contribution in [2.24, 2.45) is 11.8 Å². The number of aromatic hydroxyl groups is 1. The molecule has 0 amide bonds. The highest BCUT2D eigenvalue weighted by atomic mass is 16.8. The minimum atomic E-state index is -1.66. The van der Waals surface area contributed by atoms with Crippen molar-refractivity contribution in [3.63, 3.8) is 0 Å². The van der Waals surface area contributed by atoms with Crippen molar-refractivity contribution >= 4 is 5.97 Å². The smallest absolute Gasteiger partial charge is 0.338 e. The van der Waals surface area contributed by atoms with Crippen molar-refractivity contribution in [1.82, 2.24) is 0 Å². The number of aliphatic hydroxyl groups is 5. The molecule has 6 N–H and O–H groups in total. The Morgan fingerprint density at radius 2 is 1.89 bits per heavy atom. The summed E-state index contributed by atoms with van der Waals surface area (Å²) in [7, 11) is 1.35. The molecule has 1 aromatic carbocycles. The molecule has 1 aliphatic carbocycles. The second kappa shape index (κ2) is 9.43. The van der Waals surface area contributed by atoms with Crippen LogP contribution < -0.4 is 4.74 Å². The summed E-state index contributed by atoms with van der Waals surface area (Å²) in [6.07, 6.45) is -7.19. The van der Waals surface area contributed by atoms with E-state index in [1.807, 2.05) is 0 Å². The van der Waals surface area contributed by atoms with E-state index in [1.54, 1.807) is 6.08 Å². The third-order valence-corrected chi connectivity index (χ3v) is 7.26. The second-order valence-corrected chi connectivity index (χ2v) is 9.18. The van der Waals surface area contributed by atoms with Gasteiger partial charge in [0.25, 0.3) is 0 Å². The van der Waals surface area contributed by atoms with Crippen LogP contribution >= 0.6 is 0 Å². The average Bonchev–Trinajstić information content (AvgIpc) is 3.56. The van der Waals surface area contributed by atoms with Crippen LogP contribution in [0.25, 0.3) is 0 Å². The summed E-state index contributed by atoms with van der Waals surface area (Å²) in [5.74, 6) is -1.95. The van der Waals surface area contributed by atoms with Crippen molar-refractivity contribution in [3.8, 4) is 11.5 Å². The lowest BCUT2D eigenvalue weighted by molar-refractivity contribution is -0.344. The molecule has 0 aromatic heterocycles. The second-order valence-electron chi connectivity index (χ2n) is 9.18. The number of ether oxygens (including phenoxy) is 6. The number of methoxy groups -OCH3 is 1. The first kappa shape index (κ1) is 25.2. The largest absolute Gasteiger partial charge is 0.504 e. The summed E-state index contributed by atoms with van der Waals surface area (Å²) >= 11 is 0. The van der Waals surface area contributed by atoms with Gasteiger partial charge in [0.2, 0.25) is 6.29 Å². The number of hydrogen-bond acceptors (Lipinski definition) is 13. The lowest BCUT2D eigenvalue weighted by Gasteiger charge is -2.43. The summed E-state index contributed by atoms with van der Waals surface area (Å²) in [6, 6.07) is 4.02. The van der Waals surface area contributed by atoms with Gasteiger partial charge in [-0.15, -0.1) is 0 Å². The van der Waals surface area contributed by atoms with Gasteiger partial charge in [0, 0.05) is 5.92 Å². The Hall–Kier alpha value is -2.49. The van der Waals surface area contributed by atoms with E-state index in [0.717, 1.165) is 0 Å². The summed E-state index contributed by atoms with van der Waals surface area (Å²) in [5.41, 5.74) is -1.03. The van der Waals surface area contributed by atoms with Crippen LogP contribution in [0.15, 0.2) is 30.5 Å². The fraction of sp³-hybridized carbons (Fsp3) is 0.609. The predicted molar refractivity (Wildman–Crippen MR) is 114 cm³/mol. The van der Waals surface area contributed by atoms with Crippen molar-refractivity contribution in [3.05, 3.63) is 36.1 Å². The lowest BCUT2D eigenvalue weighted by atomic mass is 9.85. The normalized spacial score (nSPS) is 42.7. The van der Waals surface area contributed by atoms with E-state index in [-0.39, 0.29) is 17.1 Å². The number of carbonyl (C=O) groups is 1. The van der Waals surface area contributed by atoms with E-state index in [2.05, 4.69) is 0 Å². The maximum atomic E-state index is 12.9. The van der Waals surface area contributed by atoms with Gasteiger partial charge < -0.3 is 59.1 Å². The molecule has 3 fully saturated rings. The van der Waals surface area contributed by atoms with Gasteiger partial charge in [-0.1, -0.05) is 0 Å². The van der Waals surface area contributed by atoms with E-state index in [4.69, 9.17) is 28.4 Å². The molecule has 1 aromatic rings. The fourth-order valence-electron chi connectivity index (χ4n) is 5.28. The topological polar surface area (TPSA) is 197 Å². The Morgan fingerprint density at radius 1 is 1.11 bits per heavy atom. The quantitative estimate of drug-likeness (QED) is 0.173. The van der Waals surface area contributed by atoms with Crippen LogP contribution in [-0.4, -0.2) is 112 Å². The Balaban J connectivity index is 1.35. The van der Waals surface area contributed by atoms with Gasteiger partial charge in [0.15, 0.2) is 17.8 Å². The van der Waals surface area contributed by atoms with Crippen molar-refractivity contribution in [2.75, 3.05) is 20.3 Å². The molecule has 2 saturated heterocycles. The fourth-order valence-corrected chi connectivity index (χ4v) is 5.28. The minimum absolute atomic E-state index is 0.0973. The maximum Gasteiger partial charge on any atom is 0.338 e. The summed E-state index contributed by atoms with van der Waals surface area (Å²) < 4.78 is 33.4. The molecular formula is C23H28O13. The first-order chi connectivity index (χ1) is 17.2. The van der Waals surface area contributed by atoms with Crippen molar-refractivity contribution in [1.29, 1.82) is 0 Å². The molecule has 0 radical (unpaired) electrons. The molecule has 36 heavy (non-hydrogen) atoms. The SMILES string of the molecule is COc1cc(C(=O)O[C@H]2[C@@H]3C=CO[C@@H](O[C@@H]4O[C@H](CO)[C@@H](O)[C@H](O)[C@H]4O)[C@@H]3C3(CO)O[C@@H]23)ccc1O. The number of fused-ring (bicyclic) bond motifs is 3. The third-order valence-electron chi connectivity index (χ3n) is 7.26. The van der Waals surface area contributed by atoms with E-state index >= 15 is 0 Å². The maximum absolute atomic E-state index is 12.9. The molecule has 11 atom stereocenters. The molecule has 3 heterocycles. The zero-order chi connectivity index (χ0) is 25.8. The monoisotopic (exact) mass is 512 g/mol. The number of rotatable bonds is 7. The Kier molecular flexibility index (Phi) is 6.59. The number of hydrogen-bond donors (Lipinski definition) is 6. The number of phenolic OH excluding ortho intramolecular Hbond substituents is 1. The van der Waals surface area contributed by atoms with Crippen LogP contribution in [0, 0.1) is 11.8 Å². The third kappa shape index (κ3) is 3.92. The van der Waals surface area contributed by atoms with Gasteiger partial charge in [-0.2, -0.15) is 0 Å². The molecule has 13 heteroatoms. The summed E-state index contributed by atoms with van der Waals surface area (Å²) in [4.78, 5) is 12.9. The van der Waals surface area contributed by atoms with E-state index in [9.17, 15) is 35.4 Å². The van der Waals surface area contributed by atoms with Gasteiger partial charge in [-0.25, -0.2) is 4.79 Å². The predicted octanol–water partition coefficient (Wildman–Crippen LogP) is -2.01. The molecule has 13 nitrogen and oxygen atoms in total. The Morgan fingerprint density at radius 3 is 2.58 bits per heavy atom. The lowest BCUT2D eigenvalue weighted by Crippen LogP contribution is -2.60. The summed E-state index contributed by atoms with van der Waals surface area (Å²) in [6.45, 7) is -1.07. The molecule has 198 valence electrons. The number of carbonyl (C=O) groups excluding carboxylic acids is 1. The molecule has 1 unspecified atom stereocenters. The van der Waals surface area contributed by atoms with E-state index < -0.39 is 85.8 Å². The Bertz CT molecular complexity index is 1010. The summed E-state index contributed by atoms with van der Waals surface area (Å²) in [5, 5.41) is 59.8. The molecule has 1 saturated carbocycles. The van der Waals surface area contributed by atoms with Gasteiger partial charge >= 0.3 is 5.97 Å². The molecule has 0 spiro atoms. The van der Waals surface area contributed by atoms with Crippen LogP contribution in [0.3, 0.4) is 0 Å². The van der Waals surface area contributed by atoms with E-state index in [0.29, 0.717) is 0 Å². The van der Waals surface area contributed by atoms with Gasteiger partial charge in [-0.05, 0) is 24.3 Å². The zero-order valence-electron chi connectivity index (χ0n) is 19.1. The number of phenols is 1. The molecule has 5 rings (SSSR count). The number of benzene rings is 1. The number of aliphatic hydroxyl groups excluding tert-OH is 5.